The summed E-state index contributed by atoms with van der Waals surface area (Å²) in [4.78, 5) is 6.75. The van der Waals surface area contributed by atoms with Crippen LogP contribution >= 0.6 is 22.7 Å². The molecule has 0 fully saturated rings. The van der Waals surface area contributed by atoms with Crippen molar-refractivity contribution in [1.29, 1.82) is 0 Å². The molecular formula is C12H13NS2. The van der Waals surface area contributed by atoms with Crippen LogP contribution in [0.25, 0.3) is 0 Å². The summed E-state index contributed by atoms with van der Waals surface area (Å²) >= 11 is 5.31. The fourth-order valence-electron chi connectivity index (χ4n) is 1.47. The molecule has 0 aromatic heterocycles. The third kappa shape index (κ3) is 2.41. The van der Waals surface area contributed by atoms with Crippen molar-refractivity contribution in [2.75, 3.05) is 0 Å². The molecule has 2 rings (SSSR count). The first kappa shape index (κ1) is 10.7. The molecule has 0 aliphatic carbocycles. The molecule has 0 saturated heterocycles. The van der Waals surface area contributed by atoms with Gasteiger partial charge in [-0.3, -0.25) is 0 Å². The molecular weight excluding hydrogens is 222 g/mol. The minimum Gasteiger partial charge on any atom is -0.249 e. The van der Waals surface area contributed by atoms with Gasteiger partial charge in [-0.05, 0) is 23.9 Å². The number of hydrogen-bond donors (Lipinski definition) is 0. The molecule has 1 heterocycles. The van der Waals surface area contributed by atoms with Crippen molar-refractivity contribution >= 4 is 44.2 Å². The normalized spacial score (nSPS) is 18.1. The number of rotatable bonds is 3. The molecule has 15 heavy (non-hydrogen) atoms. The lowest BCUT2D eigenvalue weighted by molar-refractivity contribution is 1.01. The molecule has 0 bridgehead atoms. The minimum absolute atomic E-state index is 0.00832. The van der Waals surface area contributed by atoms with Gasteiger partial charge in [0.2, 0.25) is 0 Å². The maximum atomic E-state index is 5.31. The molecule has 0 amide bonds. The van der Waals surface area contributed by atoms with E-state index >= 15 is 0 Å². The van der Waals surface area contributed by atoms with Gasteiger partial charge in [0, 0.05) is 9.76 Å². The predicted molar refractivity (Wildman–Crippen MR) is 74.0 cm³/mol. The van der Waals surface area contributed by atoms with E-state index in [1.54, 1.807) is 0 Å². The van der Waals surface area contributed by atoms with E-state index < -0.39 is 0 Å². The maximum absolute atomic E-state index is 5.31. The van der Waals surface area contributed by atoms with Gasteiger partial charge in [0.25, 0.3) is 0 Å². The molecule has 1 unspecified atom stereocenters. The van der Waals surface area contributed by atoms with Gasteiger partial charge in [-0.1, -0.05) is 37.7 Å². The van der Waals surface area contributed by atoms with Crippen molar-refractivity contribution in [3.63, 3.8) is 0 Å². The van der Waals surface area contributed by atoms with E-state index in [0.29, 0.717) is 0 Å². The molecule has 1 aliphatic rings. The van der Waals surface area contributed by atoms with Crippen LogP contribution in [0.15, 0.2) is 34.2 Å². The SMILES string of the molecule is CCCC(=S)C=S1C=Nc2ccccc21. The van der Waals surface area contributed by atoms with Gasteiger partial charge in [-0.25, -0.2) is 4.99 Å². The lowest BCUT2D eigenvalue weighted by atomic mass is 10.3. The first-order chi connectivity index (χ1) is 7.31. The average molecular weight is 235 g/mol. The molecule has 1 aliphatic heterocycles. The second-order valence-electron chi connectivity index (χ2n) is 3.41. The van der Waals surface area contributed by atoms with E-state index in [9.17, 15) is 0 Å². The summed E-state index contributed by atoms with van der Waals surface area (Å²) in [7, 11) is 0.00832. The van der Waals surface area contributed by atoms with Crippen LogP contribution in [0.2, 0.25) is 0 Å². The summed E-state index contributed by atoms with van der Waals surface area (Å²) < 4.78 is 0. The number of benzene rings is 1. The van der Waals surface area contributed by atoms with Gasteiger partial charge in [-0.15, -0.1) is 10.5 Å². The number of para-hydroxylation sites is 1. The molecule has 0 N–H and O–H groups in total. The van der Waals surface area contributed by atoms with Crippen LogP contribution in [-0.2, 0) is 0 Å². The molecule has 1 atom stereocenters. The van der Waals surface area contributed by atoms with Gasteiger partial charge in [-0.2, -0.15) is 0 Å². The summed E-state index contributed by atoms with van der Waals surface area (Å²) in [5.41, 5.74) is 3.10. The maximum Gasteiger partial charge on any atom is 0.0770 e. The smallest absolute Gasteiger partial charge is 0.0770 e. The van der Waals surface area contributed by atoms with E-state index in [0.717, 1.165) is 23.4 Å². The molecule has 3 heteroatoms. The minimum atomic E-state index is 0.00832. The highest BCUT2D eigenvalue weighted by Crippen LogP contribution is 2.38. The van der Waals surface area contributed by atoms with Gasteiger partial charge in [0.05, 0.1) is 11.2 Å². The molecule has 78 valence electrons. The number of thiocarbonyl (C=S) groups is 1. The van der Waals surface area contributed by atoms with E-state index in [1.165, 1.54) is 4.90 Å². The molecule has 0 spiro atoms. The Balaban J connectivity index is 2.28. The summed E-state index contributed by atoms with van der Waals surface area (Å²) in [6, 6.07) is 8.27. The van der Waals surface area contributed by atoms with E-state index in [-0.39, 0.29) is 10.5 Å². The highest BCUT2D eigenvalue weighted by Gasteiger charge is 2.09. The van der Waals surface area contributed by atoms with Crippen LogP contribution in [-0.4, -0.2) is 15.8 Å². The quantitative estimate of drug-likeness (QED) is 0.722. The Bertz CT molecular complexity index is 447. The highest BCUT2D eigenvalue weighted by atomic mass is 32.2. The lowest BCUT2D eigenvalue weighted by Gasteiger charge is -2.00. The van der Waals surface area contributed by atoms with Gasteiger partial charge < -0.3 is 0 Å². The summed E-state index contributed by atoms with van der Waals surface area (Å²) in [6.07, 6.45) is 2.13. The zero-order valence-corrected chi connectivity index (χ0v) is 10.3. The Kier molecular flexibility index (Phi) is 3.44. The second kappa shape index (κ2) is 4.81. The van der Waals surface area contributed by atoms with Crippen LogP contribution in [0.4, 0.5) is 5.69 Å². The van der Waals surface area contributed by atoms with E-state index in [4.69, 9.17) is 12.2 Å². The predicted octanol–water partition coefficient (Wildman–Crippen LogP) is 3.96. The molecule has 0 saturated carbocycles. The molecule has 1 aromatic rings. The van der Waals surface area contributed by atoms with Crippen LogP contribution in [0.3, 0.4) is 0 Å². The van der Waals surface area contributed by atoms with Crippen molar-refractivity contribution in [3.8, 4) is 0 Å². The topological polar surface area (TPSA) is 12.4 Å². The number of nitrogens with zero attached hydrogens (tertiary/aromatic N) is 1. The number of aliphatic imine (C=N–C) groups is 1. The van der Waals surface area contributed by atoms with Crippen LogP contribution in [0.1, 0.15) is 19.8 Å². The Morgan fingerprint density at radius 1 is 1.47 bits per heavy atom. The molecule has 1 nitrogen and oxygen atoms in total. The van der Waals surface area contributed by atoms with Crippen LogP contribution in [0.5, 0.6) is 0 Å². The number of hydrogen-bond acceptors (Lipinski definition) is 2. The number of fused-ring (bicyclic) bond motifs is 1. The highest BCUT2D eigenvalue weighted by molar-refractivity contribution is 8.28. The average Bonchev–Trinajstić information content (AvgIpc) is 2.62. The van der Waals surface area contributed by atoms with Crippen molar-refractivity contribution in [1.82, 2.24) is 0 Å². The van der Waals surface area contributed by atoms with E-state index in [2.05, 4.69) is 35.5 Å². The summed E-state index contributed by atoms with van der Waals surface area (Å²) in [6.45, 7) is 2.15. The molecule has 1 aromatic carbocycles. The standard InChI is InChI=1S/C12H13NS2/c1-2-5-10(14)8-15-9-13-11-6-3-4-7-12(11)15/h3-4,6-9H,2,5H2,1H3. The third-order valence-corrected chi connectivity index (χ3v) is 4.37. The molecule has 0 radical (unpaired) electrons. The van der Waals surface area contributed by atoms with Gasteiger partial charge in [0.15, 0.2) is 0 Å². The van der Waals surface area contributed by atoms with E-state index in [1.807, 2.05) is 11.6 Å². The zero-order valence-electron chi connectivity index (χ0n) is 8.64. The van der Waals surface area contributed by atoms with Gasteiger partial charge >= 0.3 is 0 Å². The Morgan fingerprint density at radius 3 is 3.07 bits per heavy atom. The Hall–Kier alpha value is -0.800. The lowest BCUT2D eigenvalue weighted by Crippen LogP contribution is -1.94. The fourth-order valence-corrected chi connectivity index (χ4v) is 3.52. The van der Waals surface area contributed by atoms with Crippen LogP contribution < -0.4 is 0 Å². The Labute approximate surface area is 98.2 Å². The first-order valence-corrected chi connectivity index (χ1v) is 6.80. The fraction of sp³-hybridized carbons (Fsp3) is 0.250. The third-order valence-electron chi connectivity index (χ3n) is 2.18. The van der Waals surface area contributed by atoms with Crippen molar-refractivity contribution < 1.29 is 0 Å². The zero-order chi connectivity index (χ0) is 10.7. The van der Waals surface area contributed by atoms with Crippen molar-refractivity contribution in [2.45, 2.75) is 24.7 Å². The van der Waals surface area contributed by atoms with Crippen molar-refractivity contribution in [3.05, 3.63) is 24.3 Å². The first-order valence-electron chi connectivity index (χ1n) is 5.04. The monoisotopic (exact) mass is 235 g/mol. The van der Waals surface area contributed by atoms with Crippen LogP contribution in [0, 0.1) is 0 Å². The second-order valence-corrected chi connectivity index (χ2v) is 5.56. The Morgan fingerprint density at radius 2 is 2.27 bits per heavy atom. The largest absolute Gasteiger partial charge is 0.249 e. The van der Waals surface area contributed by atoms with Gasteiger partial charge in [0.1, 0.15) is 0 Å². The summed E-state index contributed by atoms with van der Waals surface area (Å²) in [5.74, 6) is 0. The van der Waals surface area contributed by atoms with Crippen molar-refractivity contribution in [2.24, 2.45) is 4.99 Å². The summed E-state index contributed by atoms with van der Waals surface area (Å²) in [5, 5.41) is 2.17.